The lowest BCUT2D eigenvalue weighted by Gasteiger charge is -2.25. The van der Waals surface area contributed by atoms with Gasteiger partial charge in [0.2, 0.25) is 0 Å². The van der Waals surface area contributed by atoms with E-state index in [0.717, 1.165) is 33.8 Å². The number of hydrogen-bond donors (Lipinski definition) is 0. The molecule has 0 heterocycles. The van der Waals surface area contributed by atoms with E-state index in [9.17, 15) is 10.5 Å². The van der Waals surface area contributed by atoms with Crippen LogP contribution in [-0.2, 0) is 0 Å². The minimum Gasteiger partial charge on any atom is -0.311 e. The lowest BCUT2D eigenvalue weighted by Crippen LogP contribution is -2.09. The van der Waals surface area contributed by atoms with Crippen LogP contribution >= 0.6 is 0 Å². The highest BCUT2D eigenvalue weighted by atomic mass is 15.1. The highest BCUT2D eigenvalue weighted by molar-refractivity contribution is 5.80. The molecular weight excluding hydrogens is 486 g/mol. The molecule has 0 atom stereocenters. The van der Waals surface area contributed by atoms with E-state index < -0.39 is 0 Å². The zero-order chi connectivity index (χ0) is 27.7. The Hall–Kier alpha value is -5.64. The Morgan fingerprint density at radius 3 is 1.32 bits per heavy atom. The molecular formula is C37H27N3. The van der Waals surface area contributed by atoms with Crippen molar-refractivity contribution in [1.29, 1.82) is 10.5 Å². The summed E-state index contributed by atoms with van der Waals surface area (Å²) in [4.78, 5) is 2.21. The van der Waals surface area contributed by atoms with Crippen molar-refractivity contribution >= 4 is 41.4 Å². The summed E-state index contributed by atoms with van der Waals surface area (Å²) >= 11 is 0. The summed E-state index contributed by atoms with van der Waals surface area (Å²) in [6, 6.07) is 45.1. The van der Waals surface area contributed by atoms with Gasteiger partial charge in [0, 0.05) is 17.1 Å². The fourth-order valence-electron chi connectivity index (χ4n) is 4.49. The first-order valence-corrected chi connectivity index (χ1v) is 13.1. The number of hydrogen-bond acceptors (Lipinski definition) is 3. The maximum atomic E-state index is 9.84. The van der Waals surface area contributed by atoms with Crippen LogP contribution in [0.15, 0.2) is 121 Å². The molecule has 0 fully saturated rings. The smallest absolute Gasteiger partial charge is 0.0998 e. The van der Waals surface area contributed by atoms with E-state index in [4.69, 9.17) is 0 Å². The van der Waals surface area contributed by atoms with Gasteiger partial charge in [-0.05, 0) is 77.7 Å². The molecule has 5 rings (SSSR count). The zero-order valence-corrected chi connectivity index (χ0v) is 22.2. The molecule has 0 saturated carbocycles. The van der Waals surface area contributed by atoms with Gasteiger partial charge in [0.1, 0.15) is 0 Å². The third-order valence-electron chi connectivity index (χ3n) is 6.63. The monoisotopic (exact) mass is 513 g/mol. The van der Waals surface area contributed by atoms with E-state index in [-0.39, 0.29) is 0 Å². The van der Waals surface area contributed by atoms with Crippen LogP contribution in [0.1, 0.15) is 38.9 Å². The summed E-state index contributed by atoms with van der Waals surface area (Å²) < 4.78 is 0. The highest BCUT2D eigenvalue weighted by Crippen LogP contribution is 2.34. The predicted octanol–water partition coefficient (Wildman–Crippen LogP) is 9.55. The summed E-state index contributed by atoms with van der Waals surface area (Å²) in [5.74, 6) is 0. The second-order valence-electron chi connectivity index (χ2n) is 9.43. The Balaban J connectivity index is 1.41. The van der Waals surface area contributed by atoms with Gasteiger partial charge in [-0.25, -0.2) is 0 Å². The minimum atomic E-state index is 0.523. The number of aryl methyl sites for hydroxylation is 1. The molecule has 0 spiro atoms. The third-order valence-corrected chi connectivity index (χ3v) is 6.63. The summed E-state index contributed by atoms with van der Waals surface area (Å²) in [6.07, 6.45) is 7.72. The van der Waals surface area contributed by atoms with E-state index in [0.29, 0.717) is 16.7 Å². The molecule has 190 valence electrons. The van der Waals surface area contributed by atoms with Crippen LogP contribution in [0.2, 0.25) is 0 Å². The van der Waals surface area contributed by atoms with Crippen molar-refractivity contribution in [2.75, 3.05) is 4.90 Å². The lowest BCUT2D eigenvalue weighted by molar-refractivity contribution is 1.28. The largest absolute Gasteiger partial charge is 0.311 e. The predicted molar refractivity (Wildman–Crippen MR) is 166 cm³/mol. The van der Waals surface area contributed by atoms with Crippen molar-refractivity contribution in [1.82, 2.24) is 0 Å². The van der Waals surface area contributed by atoms with Gasteiger partial charge < -0.3 is 4.90 Å². The number of rotatable bonds is 7. The standard InChI is InChI=1S/C37H27N3/c1-28-12-14-29(15-13-28)16-20-31-24-34(27-39)32(25-33(31)26-38)21-17-30-18-22-37(23-19-30)40(35-8-4-2-5-9-35)36-10-6-3-7-11-36/h2-25H,1H3/b20-16+,21-17+. The Morgan fingerprint density at radius 1 is 0.500 bits per heavy atom. The van der Waals surface area contributed by atoms with Crippen LogP contribution < -0.4 is 4.90 Å². The molecule has 0 N–H and O–H groups in total. The van der Waals surface area contributed by atoms with E-state index in [1.807, 2.05) is 91.9 Å². The molecule has 3 nitrogen and oxygen atoms in total. The van der Waals surface area contributed by atoms with Crippen LogP contribution in [0.3, 0.4) is 0 Å². The van der Waals surface area contributed by atoms with Crippen molar-refractivity contribution in [3.8, 4) is 12.1 Å². The van der Waals surface area contributed by atoms with Gasteiger partial charge in [-0.3, -0.25) is 0 Å². The average molecular weight is 514 g/mol. The Kier molecular flexibility index (Phi) is 7.97. The van der Waals surface area contributed by atoms with Crippen molar-refractivity contribution in [2.24, 2.45) is 0 Å². The zero-order valence-electron chi connectivity index (χ0n) is 22.2. The van der Waals surface area contributed by atoms with Crippen LogP contribution in [0, 0.1) is 29.6 Å². The SMILES string of the molecule is Cc1ccc(/C=C/c2cc(C#N)c(/C=C/c3ccc(N(c4ccccc4)c4ccccc4)cc3)cc2C#N)cc1. The number of nitriles is 2. The highest BCUT2D eigenvalue weighted by Gasteiger charge is 2.11. The topological polar surface area (TPSA) is 50.8 Å². The summed E-state index contributed by atoms with van der Waals surface area (Å²) in [5.41, 5.74) is 8.92. The molecule has 5 aromatic carbocycles. The van der Waals surface area contributed by atoms with Gasteiger partial charge in [-0.1, -0.05) is 103 Å². The molecule has 0 unspecified atom stereocenters. The van der Waals surface area contributed by atoms with E-state index in [1.165, 1.54) is 5.56 Å². The second-order valence-corrected chi connectivity index (χ2v) is 9.43. The Bertz CT molecular complexity index is 1690. The molecule has 5 aromatic rings. The van der Waals surface area contributed by atoms with Crippen molar-refractivity contribution in [2.45, 2.75) is 6.92 Å². The van der Waals surface area contributed by atoms with Gasteiger partial charge in [0.05, 0.1) is 23.3 Å². The number of nitrogens with zero attached hydrogens (tertiary/aromatic N) is 3. The van der Waals surface area contributed by atoms with Crippen LogP contribution in [0.25, 0.3) is 24.3 Å². The first-order valence-electron chi connectivity index (χ1n) is 13.1. The maximum absolute atomic E-state index is 9.84. The molecule has 0 bridgehead atoms. The van der Waals surface area contributed by atoms with Crippen LogP contribution in [0.4, 0.5) is 17.1 Å². The average Bonchev–Trinajstić information content (AvgIpc) is 3.01. The third kappa shape index (κ3) is 6.08. The van der Waals surface area contributed by atoms with Crippen molar-refractivity contribution < 1.29 is 0 Å². The Morgan fingerprint density at radius 2 is 0.900 bits per heavy atom. The van der Waals surface area contributed by atoms with Crippen LogP contribution in [0.5, 0.6) is 0 Å². The molecule has 0 aliphatic carbocycles. The van der Waals surface area contributed by atoms with Gasteiger partial charge in [0.15, 0.2) is 0 Å². The van der Waals surface area contributed by atoms with E-state index in [1.54, 1.807) is 12.1 Å². The van der Waals surface area contributed by atoms with E-state index in [2.05, 4.69) is 65.6 Å². The number of benzene rings is 5. The molecule has 40 heavy (non-hydrogen) atoms. The molecule has 0 saturated heterocycles. The first kappa shape index (κ1) is 26.0. The molecule has 3 heteroatoms. The van der Waals surface area contributed by atoms with E-state index >= 15 is 0 Å². The lowest BCUT2D eigenvalue weighted by atomic mass is 9.97. The number of para-hydroxylation sites is 2. The summed E-state index contributed by atoms with van der Waals surface area (Å²) in [5, 5.41) is 19.6. The van der Waals surface area contributed by atoms with Gasteiger partial charge in [-0.15, -0.1) is 0 Å². The Labute approximate surface area is 235 Å². The molecule has 0 amide bonds. The van der Waals surface area contributed by atoms with Crippen molar-refractivity contribution in [3.05, 3.63) is 160 Å². The molecule has 0 aliphatic rings. The normalized spacial score (nSPS) is 10.9. The van der Waals surface area contributed by atoms with Gasteiger partial charge >= 0.3 is 0 Å². The first-order chi connectivity index (χ1) is 19.6. The summed E-state index contributed by atoms with van der Waals surface area (Å²) in [7, 11) is 0. The summed E-state index contributed by atoms with van der Waals surface area (Å²) in [6.45, 7) is 2.05. The number of anilines is 3. The fraction of sp³-hybridized carbons (Fsp3) is 0.0270. The molecule has 0 aliphatic heterocycles. The fourth-order valence-corrected chi connectivity index (χ4v) is 4.49. The minimum absolute atomic E-state index is 0.523. The van der Waals surface area contributed by atoms with Gasteiger partial charge in [-0.2, -0.15) is 10.5 Å². The quantitative estimate of drug-likeness (QED) is 0.204. The maximum Gasteiger partial charge on any atom is 0.0998 e. The molecule has 0 aromatic heterocycles. The van der Waals surface area contributed by atoms with Gasteiger partial charge in [0.25, 0.3) is 0 Å². The van der Waals surface area contributed by atoms with Crippen molar-refractivity contribution in [3.63, 3.8) is 0 Å². The molecule has 0 radical (unpaired) electrons. The van der Waals surface area contributed by atoms with Crippen LogP contribution in [-0.4, -0.2) is 0 Å². The second kappa shape index (κ2) is 12.3.